The van der Waals surface area contributed by atoms with Gasteiger partial charge < -0.3 is 0 Å². The highest BCUT2D eigenvalue weighted by atomic mass is 32.1. The summed E-state index contributed by atoms with van der Waals surface area (Å²) in [6, 6.07) is 29.1. The smallest absolute Gasteiger partial charge is 0.221 e. The van der Waals surface area contributed by atoms with Crippen molar-refractivity contribution in [2.75, 3.05) is 7.05 Å². The lowest BCUT2D eigenvalue weighted by atomic mass is 9.98. The van der Waals surface area contributed by atoms with Gasteiger partial charge in [-0.1, -0.05) is 72.8 Å². The Labute approximate surface area is 175 Å². The van der Waals surface area contributed by atoms with Gasteiger partial charge in [-0.3, -0.25) is 4.90 Å². The minimum atomic E-state index is 0.0865. The Balaban J connectivity index is 1.65. The molecule has 0 saturated carbocycles. The number of hydrogen-bond acceptors (Lipinski definition) is 4. The average molecular weight is 402 g/mol. The van der Waals surface area contributed by atoms with Gasteiger partial charge in [-0.2, -0.15) is 4.68 Å². The lowest BCUT2D eigenvalue weighted by Gasteiger charge is -2.28. The lowest BCUT2D eigenvalue weighted by Crippen LogP contribution is -2.28. The van der Waals surface area contributed by atoms with Gasteiger partial charge in [-0.25, -0.2) is 4.68 Å². The fourth-order valence-corrected chi connectivity index (χ4v) is 3.79. The summed E-state index contributed by atoms with van der Waals surface area (Å²) in [4.78, 5) is 2.23. The second kappa shape index (κ2) is 8.51. The van der Waals surface area contributed by atoms with Gasteiger partial charge in [0.05, 0.1) is 18.4 Å². The molecule has 0 bridgehead atoms. The molecule has 0 aliphatic carbocycles. The van der Waals surface area contributed by atoms with Crippen LogP contribution in [0.15, 0.2) is 84.9 Å². The van der Waals surface area contributed by atoms with E-state index in [0.717, 1.165) is 11.3 Å². The van der Waals surface area contributed by atoms with Crippen LogP contribution in [0, 0.1) is 11.7 Å². The molecule has 0 fully saturated rings. The number of rotatable bonds is 6. The molecule has 0 unspecified atom stereocenters. The topological polar surface area (TPSA) is 38.9 Å². The predicted molar refractivity (Wildman–Crippen MR) is 117 cm³/mol. The highest BCUT2D eigenvalue weighted by Gasteiger charge is 2.20. The standard InChI is InChI=1S/C23H23N5S/c1-18-10-9-15-21(16-18)28-23(29)27(24-25-28)17-26(2)22(19-11-5-3-6-12-19)20-13-7-4-8-14-20/h3-16,22H,17H2,1-2H3. The van der Waals surface area contributed by atoms with Crippen LogP contribution in [0.1, 0.15) is 22.7 Å². The van der Waals surface area contributed by atoms with Crippen molar-refractivity contribution in [3.05, 3.63) is 106 Å². The van der Waals surface area contributed by atoms with Crippen LogP contribution in [0.2, 0.25) is 0 Å². The Morgan fingerprint density at radius 2 is 1.48 bits per heavy atom. The van der Waals surface area contributed by atoms with Crippen LogP contribution in [-0.4, -0.2) is 31.7 Å². The van der Waals surface area contributed by atoms with Gasteiger partial charge in [0.15, 0.2) is 0 Å². The SMILES string of the molecule is Cc1cccc(-n2nnn(CN(C)C(c3ccccc3)c3ccccc3)c2=S)c1. The first-order chi connectivity index (χ1) is 14.1. The van der Waals surface area contributed by atoms with Gasteiger partial charge in [0.25, 0.3) is 0 Å². The van der Waals surface area contributed by atoms with Crippen molar-refractivity contribution < 1.29 is 0 Å². The first-order valence-corrected chi connectivity index (χ1v) is 9.94. The van der Waals surface area contributed by atoms with Gasteiger partial charge >= 0.3 is 0 Å². The summed E-state index contributed by atoms with van der Waals surface area (Å²) in [5.41, 5.74) is 4.52. The van der Waals surface area contributed by atoms with Crippen molar-refractivity contribution in [3.63, 3.8) is 0 Å². The zero-order chi connectivity index (χ0) is 20.2. The van der Waals surface area contributed by atoms with Gasteiger partial charge in [0, 0.05) is 0 Å². The highest BCUT2D eigenvalue weighted by Crippen LogP contribution is 2.27. The molecule has 1 heterocycles. The second-order valence-corrected chi connectivity index (χ2v) is 7.50. The quantitative estimate of drug-likeness (QED) is 0.436. The maximum absolute atomic E-state index is 5.66. The van der Waals surface area contributed by atoms with Crippen molar-refractivity contribution >= 4 is 12.2 Å². The van der Waals surface area contributed by atoms with Crippen molar-refractivity contribution in [1.82, 2.24) is 24.7 Å². The molecule has 5 nitrogen and oxygen atoms in total. The molecular formula is C23H23N5S. The van der Waals surface area contributed by atoms with E-state index < -0.39 is 0 Å². The summed E-state index contributed by atoms with van der Waals surface area (Å²) >= 11 is 5.66. The molecule has 3 aromatic carbocycles. The van der Waals surface area contributed by atoms with Crippen LogP contribution >= 0.6 is 12.2 Å². The first-order valence-electron chi connectivity index (χ1n) is 9.53. The molecule has 0 amide bonds. The van der Waals surface area contributed by atoms with Crippen molar-refractivity contribution in [3.8, 4) is 5.69 Å². The molecule has 146 valence electrons. The highest BCUT2D eigenvalue weighted by molar-refractivity contribution is 7.71. The van der Waals surface area contributed by atoms with E-state index in [1.165, 1.54) is 11.1 Å². The third-order valence-electron chi connectivity index (χ3n) is 4.91. The van der Waals surface area contributed by atoms with Crippen LogP contribution in [0.3, 0.4) is 0 Å². The Bertz CT molecular complexity index is 1100. The Kier molecular flexibility index (Phi) is 5.64. The largest absolute Gasteiger partial charge is 0.276 e. The third-order valence-corrected chi connectivity index (χ3v) is 5.30. The number of aryl methyl sites for hydroxylation is 1. The van der Waals surface area contributed by atoms with Crippen molar-refractivity contribution in [2.24, 2.45) is 0 Å². The summed E-state index contributed by atoms with van der Waals surface area (Å²) in [6.07, 6.45) is 0. The molecule has 4 aromatic rings. The van der Waals surface area contributed by atoms with Crippen LogP contribution in [0.4, 0.5) is 0 Å². The molecular weight excluding hydrogens is 378 g/mol. The molecule has 0 saturated heterocycles. The Hall–Kier alpha value is -3.09. The van der Waals surface area contributed by atoms with Gasteiger partial charge in [0.2, 0.25) is 4.77 Å². The molecule has 0 aliphatic heterocycles. The predicted octanol–water partition coefficient (Wildman–Crippen LogP) is 4.79. The summed E-state index contributed by atoms with van der Waals surface area (Å²) in [5.74, 6) is 0. The van der Waals surface area contributed by atoms with Gasteiger partial charge in [-0.05, 0) is 65.4 Å². The second-order valence-electron chi connectivity index (χ2n) is 7.13. The maximum atomic E-state index is 5.66. The minimum absolute atomic E-state index is 0.0865. The number of benzene rings is 3. The number of nitrogens with zero attached hydrogens (tertiary/aromatic N) is 5. The lowest BCUT2D eigenvalue weighted by molar-refractivity contribution is 0.206. The third kappa shape index (κ3) is 4.18. The maximum Gasteiger partial charge on any atom is 0.221 e. The Morgan fingerprint density at radius 3 is 2.07 bits per heavy atom. The molecule has 1 aromatic heterocycles. The van der Waals surface area contributed by atoms with Crippen molar-refractivity contribution in [2.45, 2.75) is 19.6 Å². The van der Waals surface area contributed by atoms with E-state index in [9.17, 15) is 0 Å². The number of aromatic nitrogens is 4. The molecule has 6 heteroatoms. The van der Waals surface area contributed by atoms with E-state index in [1.54, 1.807) is 9.36 Å². The summed E-state index contributed by atoms with van der Waals surface area (Å²) in [5, 5.41) is 8.60. The van der Waals surface area contributed by atoms with E-state index >= 15 is 0 Å². The first kappa shape index (κ1) is 19.2. The molecule has 4 rings (SSSR count). The molecule has 0 spiro atoms. The van der Waals surface area contributed by atoms with E-state index in [-0.39, 0.29) is 6.04 Å². The number of hydrogen-bond donors (Lipinski definition) is 0. The molecule has 0 radical (unpaired) electrons. The average Bonchev–Trinajstić information content (AvgIpc) is 3.10. The van der Waals surface area contributed by atoms with E-state index in [4.69, 9.17) is 12.2 Å². The minimum Gasteiger partial charge on any atom is -0.276 e. The zero-order valence-electron chi connectivity index (χ0n) is 16.5. The number of tetrazole rings is 1. The summed E-state index contributed by atoms with van der Waals surface area (Å²) in [6.45, 7) is 2.58. The van der Waals surface area contributed by atoms with Crippen LogP contribution in [0.5, 0.6) is 0 Å². The van der Waals surface area contributed by atoms with E-state index in [2.05, 4.69) is 90.0 Å². The van der Waals surface area contributed by atoms with Crippen LogP contribution in [-0.2, 0) is 6.67 Å². The van der Waals surface area contributed by atoms with Gasteiger partial charge in [0.1, 0.15) is 0 Å². The summed E-state index contributed by atoms with van der Waals surface area (Å²) < 4.78 is 4.04. The molecule has 0 atom stereocenters. The Morgan fingerprint density at radius 1 is 0.862 bits per heavy atom. The molecule has 0 N–H and O–H groups in total. The molecule has 29 heavy (non-hydrogen) atoms. The van der Waals surface area contributed by atoms with Crippen LogP contribution < -0.4 is 0 Å². The van der Waals surface area contributed by atoms with Crippen LogP contribution in [0.25, 0.3) is 5.69 Å². The van der Waals surface area contributed by atoms with E-state index in [0.29, 0.717) is 11.4 Å². The normalized spacial score (nSPS) is 11.3. The summed E-state index contributed by atoms with van der Waals surface area (Å²) in [7, 11) is 2.08. The monoisotopic (exact) mass is 401 g/mol. The zero-order valence-corrected chi connectivity index (χ0v) is 17.3. The fourth-order valence-electron chi connectivity index (χ4n) is 3.55. The van der Waals surface area contributed by atoms with Crippen molar-refractivity contribution in [1.29, 1.82) is 0 Å². The van der Waals surface area contributed by atoms with E-state index in [1.807, 2.05) is 24.3 Å². The molecule has 0 aliphatic rings. The van der Waals surface area contributed by atoms with Gasteiger partial charge in [-0.15, -0.1) is 0 Å². The fraction of sp³-hybridized carbons (Fsp3) is 0.174.